The normalized spacial score (nSPS) is 14.7. The molecule has 2 aromatic rings. The molecule has 3 nitrogen and oxygen atoms in total. The van der Waals surface area contributed by atoms with E-state index in [0.29, 0.717) is 0 Å². The van der Waals surface area contributed by atoms with Crippen LogP contribution in [0.15, 0.2) is 24.3 Å². The zero-order valence-corrected chi connectivity index (χ0v) is 15.1. The third kappa shape index (κ3) is 2.93. The van der Waals surface area contributed by atoms with Crippen LogP contribution in [0, 0.1) is 41.5 Å². The van der Waals surface area contributed by atoms with Crippen LogP contribution in [-0.2, 0) is 0 Å². The van der Waals surface area contributed by atoms with Gasteiger partial charge in [-0.2, -0.15) is 0 Å². The van der Waals surface area contributed by atoms with E-state index in [1.807, 2.05) is 0 Å². The third-order valence-electron chi connectivity index (χ3n) is 4.62. The van der Waals surface area contributed by atoms with Crippen molar-refractivity contribution < 1.29 is 0 Å². The Morgan fingerprint density at radius 3 is 1.61 bits per heavy atom. The number of nitrogens with one attached hydrogen (secondary N) is 1. The van der Waals surface area contributed by atoms with E-state index in [-0.39, 0.29) is 0 Å². The number of benzene rings is 2. The van der Waals surface area contributed by atoms with E-state index in [0.717, 1.165) is 13.3 Å². The Bertz CT molecular complexity index is 639. The number of anilines is 2. The second-order valence-electron chi connectivity index (χ2n) is 6.92. The molecule has 0 amide bonds. The standard InChI is InChI=1S/C20H27N3/c1-13-7-15(3)19(16(4)8-13)22-11-21-23(12-22)20-17(5)9-14(2)10-18(20)6/h7-10,21H,11-12H2,1-6H3. The summed E-state index contributed by atoms with van der Waals surface area (Å²) in [4.78, 5) is 2.42. The van der Waals surface area contributed by atoms with Gasteiger partial charge in [-0.25, -0.2) is 5.43 Å². The summed E-state index contributed by atoms with van der Waals surface area (Å²) in [6.45, 7) is 14.8. The minimum Gasteiger partial charge on any atom is -0.338 e. The van der Waals surface area contributed by atoms with Crippen LogP contribution in [0.5, 0.6) is 0 Å². The quantitative estimate of drug-likeness (QED) is 0.893. The summed E-state index contributed by atoms with van der Waals surface area (Å²) in [5.74, 6) is 0. The van der Waals surface area contributed by atoms with E-state index in [4.69, 9.17) is 0 Å². The lowest BCUT2D eigenvalue weighted by molar-refractivity contribution is 0.780. The van der Waals surface area contributed by atoms with E-state index >= 15 is 0 Å². The first-order valence-electron chi connectivity index (χ1n) is 8.28. The van der Waals surface area contributed by atoms with Crippen LogP contribution < -0.4 is 15.3 Å². The van der Waals surface area contributed by atoms with Crippen molar-refractivity contribution in [3.63, 3.8) is 0 Å². The minimum atomic E-state index is 0.845. The number of nitrogens with zero attached hydrogens (tertiary/aromatic N) is 2. The fourth-order valence-electron chi connectivity index (χ4n) is 4.01. The zero-order valence-electron chi connectivity index (χ0n) is 15.1. The first kappa shape index (κ1) is 15.9. The molecule has 0 unspecified atom stereocenters. The van der Waals surface area contributed by atoms with E-state index < -0.39 is 0 Å². The van der Waals surface area contributed by atoms with Crippen molar-refractivity contribution in [2.45, 2.75) is 41.5 Å². The van der Waals surface area contributed by atoms with Crippen molar-refractivity contribution in [3.8, 4) is 0 Å². The Balaban J connectivity index is 1.91. The van der Waals surface area contributed by atoms with Crippen LogP contribution in [-0.4, -0.2) is 13.3 Å². The van der Waals surface area contributed by atoms with Gasteiger partial charge in [0.25, 0.3) is 0 Å². The van der Waals surface area contributed by atoms with Gasteiger partial charge in [-0.15, -0.1) is 0 Å². The molecule has 1 aliphatic heterocycles. The second-order valence-corrected chi connectivity index (χ2v) is 6.92. The molecule has 1 saturated heterocycles. The summed E-state index contributed by atoms with van der Waals surface area (Å²) < 4.78 is 0. The van der Waals surface area contributed by atoms with E-state index in [2.05, 4.69) is 81.1 Å². The molecule has 2 aromatic carbocycles. The summed E-state index contributed by atoms with van der Waals surface area (Å²) in [6.07, 6.45) is 0. The third-order valence-corrected chi connectivity index (χ3v) is 4.62. The van der Waals surface area contributed by atoms with Crippen molar-refractivity contribution in [3.05, 3.63) is 57.6 Å². The molecule has 1 fully saturated rings. The lowest BCUT2D eigenvalue weighted by Gasteiger charge is -2.25. The predicted molar refractivity (Wildman–Crippen MR) is 99.1 cm³/mol. The van der Waals surface area contributed by atoms with Gasteiger partial charge in [-0.05, 0) is 63.8 Å². The fraction of sp³-hybridized carbons (Fsp3) is 0.400. The van der Waals surface area contributed by atoms with Crippen molar-refractivity contribution in [2.75, 3.05) is 23.2 Å². The van der Waals surface area contributed by atoms with Gasteiger partial charge in [0.05, 0.1) is 12.4 Å². The Morgan fingerprint density at radius 1 is 0.696 bits per heavy atom. The van der Waals surface area contributed by atoms with Gasteiger partial charge in [0.2, 0.25) is 0 Å². The maximum Gasteiger partial charge on any atom is 0.107 e. The van der Waals surface area contributed by atoms with Gasteiger partial charge in [0, 0.05) is 5.69 Å². The first-order chi connectivity index (χ1) is 10.9. The highest BCUT2D eigenvalue weighted by molar-refractivity contribution is 5.65. The average Bonchev–Trinajstić information content (AvgIpc) is 2.85. The van der Waals surface area contributed by atoms with Crippen molar-refractivity contribution in [2.24, 2.45) is 0 Å². The first-order valence-corrected chi connectivity index (χ1v) is 8.28. The molecular weight excluding hydrogens is 282 g/mol. The van der Waals surface area contributed by atoms with Gasteiger partial charge in [-0.1, -0.05) is 35.4 Å². The largest absolute Gasteiger partial charge is 0.338 e. The van der Waals surface area contributed by atoms with Gasteiger partial charge in [0.15, 0.2) is 0 Å². The summed E-state index contributed by atoms with van der Waals surface area (Å²) in [7, 11) is 0. The molecule has 1 aliphatic rings. The molecule has 0 saturated carbocycles. The molecule has 0 aromatic heterocycles. The highest BCUT2D eigenvalue weighted by Crippen LogP contribution is 2.31. The molecule has 1 heterocycles. The Hall–Kier alpha value is -2.00. The lowest BCUT2D eigenvalue weighted by Crippen LogP contribution is -2.32. The number of aryl methyl sites for hydroxylation is 6. The van der Waals surface area contributed by atoms with Crippen molar-refractivity contribution in [1.82, 2.24) is 5.43 Å². The molecule has 122 valence electrons. The van der Waals surface area contributed by atoms with E-state index in [1.54, 1.807) is 0 Å². The fourth-order valence-corrected chi connectivity index (χ4v) is 4.01. The summed E-state index contributed by atoms with van der Waals surface area (Å²) >= 11 is 0. The predicted octanol–water partition coefficient (Wildman–Crippen LogP) is 4.28. The molecule has 3 heteroatoms. The smallest absolute Gasteiger partial charge is 0.107 e. The van der Waals surface area contributed by atoms with E-state index in [9.17, 15) is 0 Å². The SMILES string of the molecule is Cc1cc(C)c(N2CNN(c3c(C)cc(C)cc3C)C2)c(C)c1. The summed E-state index contributed by atoms with van der Waals surface area (Å²) in [5.41, 5.74) is 14.2. The molecule has 0 atom stereocenters. The van der Waals surface area contributed by atoms with Crippen molar-refractivity contribution in [1.29, 1.82) is 0 Å². The van der Waals surface area contributed by atoms with Gasteiger partial charge < -0.3 is 4.90 Å². The van der Waals surface area contributed by atoms with E-state index in [1.165, 1.54) is 44.8 Å². The van der Waals surface area contributed by atoms with Crippen LogP contribution >= 0.6 is 0 Å². The molecule has 0 bridgehead atoms. The van der Waals surface area contributed by atoms with Crippen LogP contribution in [0.2, 0.25) is 0 Å². The number of hydrazine groups is 1. The molecule has 0 aliphatic carbocycles. The highest BCUT2D eigenvalue weighted by atomic mass is 15.6. The van der Waals surface area contributed by atoms with Gasteiger partial charge in [0.1, 0.15) is 6.67 Å². The highest BCUT2D eigenvalue weighted by Gasteiger charge is 2.24. The van der Waals surface area contributed by atoms with Gasteiger partial charge >= 0.3 is 0 Å². The maximum atomic E-state index is 3.55. The molecule has 23 heavy (non-hydrogen) atoms. The molecule has 0 spiro atoms. The zero-order chi connectivity index (χ0) is 16.7. The van der Waals surface area contributed by atoms with Crippen LogP contribution in [0.1, 0.15) is 33.4 Å². The number of hydrogen-bond acceptors (Lipinski definition) is 3. The molecule has 1 N–H and O–H groups in total. The number of rotatable bonds is 2. The monoisotopic (exact) mass is 309 g/mol. The Morgan fingerprint density at radius 2 is 1.13 bits per heavy atom. The Kier molecular flexibility index (Phi) is 4.07. The average molecular weight is 309 g/mol. The van der Waals surface area contributed by atoms with Crippen molar-refractivity contribution >= 4 is 11.4 Å². The maximum absolute atomic E-state index is 3.55. The molecule has 0 radical (unpaired) electrons. The lowest BCUT2D eigenvalue weighted by atomic mass is 10.0. The molecule has 3 rings (SSSR count). The number of hydrogen-bond donors (Lipinski definition) is 1. The second kappa shape index (κ2) is 5.89. The van der Waals surface area contributed by atoms with Crippen LogP contribution in [0.4, 0.5) is 11.4 Å². The van der Waals surface area contributed by atoms with Crippen LogP contribution in [0.25, 0.3) is 0 Å². The topological polar surface area (TPSA) is 18.5 Å². The summed E-state index contributed by atoms with van der Waals surface area (Å²) in [5, 5.41) is 2.28. The Labute approximate surface area is 139 Å². The summed E-state index contributed by atoms with van der Waals surface area (Å²) in [6, 6.07) is 9.06. The molecular formula is C20H27N3. The van der Waals surface area contributed by atoms with Gasteiger partial charge in [-0.3, -0.25) is 5.01 Å². The van der Waals surface area contributed by atoms with Crippen LogP contribution in [0.3, 0.4) is 0 Å². The minimum absolute atomic E-state index is 0.845.